The van der Waals surface area contributed by atoms with Crippen LogP contribution in [0.2, 0.25) is 0 Å². The Hall–Kier alpha value is -8.10. The molecular formula is C81H141N9O20. The van der Waals surface area contributed by atoms with Crippen molar-refractivity contribution < 1.29 is 95.3 Å². The first kappa shape index (κ1) is 110. The number of hydrogen-bond acceptors (Lipinski definition) is 20. The molecular weight excluding hydrogens is 1420 g/mol. The highest BCUT2D eigenvalue weighted by molar-refractivity contribution is 5.91. The van der Waals surface area contributed by atoms with Crippen molar-refractivity contribution in [3.63, 3.8) is 0 Å². The highest BCUT2D eigenvalue weighted by atomic mass is 16.6. The molecule has 9 amide bonds. The Labute approximate surface area is 658 Å². The van der Waals surface area contributed by atoms with Gasteiger partial charge in [0.2, 0.25) is 53.2 Å². The van der Waals surface area contributed by atoms with Crippen LogP contribution < -0.4 is 37.2 Å². The van der Waals surface area contributed by atoms with Gasteiger partial charge in [0, 0.05) is 79.9 Å². The number of rotatable bonds is 59. The number of nitrogens with one attached hydrogen (secondary N) is 7. The average Bonchev–Trinajstić information content (AvgIpc) is 0.881. The first-order chi connectivity index (χ1) is 51.8. The van der Waals surface area contributed by atoms with Gasteiger partial charge in [-0.2, -0.15) is 0 Å². The van der Waals surface area contributed by atoms with Crippen molar-refractivity contribution >= 4 is 58.9 Å². The maximum atomic E-state index is 11.9. The van der Waals surface area contributed by atoms with E-state index in [9.17, 15) is 47.9 Å². The summed E-state index contributed by atoms with van der Waals surface area (Å²) in [5.41, 5.74) is -0.452. The van der Waals surface area contributed by atoms with Gasteiger partial charge in [0.25, 0.3) is 0 Å². The van der Waals surface area contributed by atoms with Crippen molar-refractivity contribution in [1.29, 1.82) is 0 Å². The van der Waals surface area contributed by atoms with Crippen molar-refractivity contribution in [3.05, 3.63) is 127 Å². The SMILES string of the molecule is C=CC(=O)CC(C)COCCOC.C=CC(=O)N(C(C)C)C(C)COCC(C)N(C(=O)C=C)C(C)C.C=CC(=O)NC(C)COCC(C)NC(=O)C=C.C=CC(=O)NC(C)COCC(CC)(COCC(C)NC(=O)C=C)COCC(C)NC(=O)C=C.C=CC(=O)NC(C)COCCOCC(C)OCC(C)NC(=O)C=C. The van der Waals surface area contributed by atoms with Crippen LogP contribution in [-0.4, -0.2) is 267 Å². The summed E-state index contributed by atoms with van der Waals surface area (Å²) in [6.07, 6.45) is 13.7. The number of amides is 9. The van der Waals surface area contributed by atoms with Gasteiger partial charge in [0.15, 0.2) is 5.78 Å². The predicted octanol–water partition coefficient (Wildman–Crippen LogP) is 6.75. The molecule has 110 heavy (non-hydrogen) atoms. The van der Waals surface area contributed by atoms with Crippen LogP contribution in [0.5, 0.6) is 0 Å². The smallest absolute Gasteiger partial charge is 0.246 e. The van der Waals surface area contributed by atoms with E-state index in [0.717, 1.165) is 0 Å². The van der Waals surface area contributed by atoms with Crippen LogP contribution in [0.25, 0.3) is 0 Å². The third kappa shape index (κ3) is 63.7. The lowest BCUT2D eigenvalue weighted by Gasteiger charge is -2.34. The molecule has 0 radical (unpaired) electrons. The number of carbonyl (C=O) groups is 10. The van der Waals surface area contributed by atoms with Gasteiger partial charge in [-0.15, -0.1) is 0 Å². The third-order valence-corrected chi connectivity index (χ3v) is 14.8. The van der Waals surface area contributed by atoms with Gasteiger partial charge < -0.3 is 94.4 Å². The number of ether oxygens (including phenoxy) is 10. The molecule has 0 heterocycles. The lowest BCUT2D eigenvalue weighted by atomic mass is 9.88. The van der Waals surface area contributed by atoms with Gasteiger partial charge in [-0.3, -0.25) is 47.9 Å². The molecule has 29 nitrogen and oxygen atoms in total. The van der Waals surface area contributed by atoms with E-state index in [-0.39, 0.29) is 137 Å². The normalized spacial score (nSPS) is 14.1. The second-order valence-corrected chi connectivity index (χ2v) is 26.9. The zero-order valence-electron chi connectivity index (χ0n) is 69.6. The molecule has 0 bridgehead atoms. The minimum atomic E-state index is -0.452. The Morgan fingerprint density at radius 2 is 0.591 bits per heavy atom. The summed E-state index contributed by atoms with van der Waals surface area (Å²) in [4.78, 5) is 117. The molecule has 0 spiro atoms. The second kappa shape index (κ2) is 70.0. The Morgan fingerprint density at radius 3 is 0.864 bits per heavy atom. The van der Waals surface area contributed by atoms with E-state index in [2.05, 4.69) is 103 Å². The van der Waals surface area contributed by atoms with Crippen molar-refractivity contribution in [3.8, 4) is 0 Å². The fourth-order valence-corrected chi connectivity index (χ4v) is 9.25. The van der Waals surface area contributed by atoms with Crippen molar-refractivity contribution in [2.75, 3.05) is 126 Å². The lowest BCUT2D eigenvalue weighted by Crippen LogP contribution is -2.47. The van der Waals surface area contributed by atoms with Gasteiger partial charge in [-0.05, 0) is 170 Å². The number of carbonyl (C=O) groups excluding carboxylic acids is 10. The Bertz CT molecular complexity index is 2560. The molecule has 0 aromatic heterocycles. The summed E-state index contributed by atoms with van der Waals surface area (Å²) in [6.45, 7) is 72.3. The number of nitrogens with zero attached hydrogens (tertiary/aromatic N) is 2. The highest BCUT2D eigenvalue weighted by Crippen LogP contribution is 2.25. The maximum absolute atomic E-state index is 11.9. The van der Waals surface area contributed by atoms with E-state index < -0.39 is 5.41 Å². The fraction of sp³-hybridized carbons (Fsp3) is 0.630. The van der Waals surface area contributed by atoms with Crippen molar-refractivity contribution in [1.82, 2.24) is 47.0 Å². The standard InChI is InChI=1S/C24H41N3O6.C18H32N2O3.C17H30N2O5.C12H20N2O3.C10H18O3/c1-8-21(28)25-18(5)12-31-15-24(11-4,16-32-13-19(6)26-22(29)9-2)17-33-14-20(7)27-23(30)10-3;1-9-17(21)19(13(3)4)15(7)11-23-12-16(8)20(14(5)6)18(22)10-2;1-6-16(20)18-13(3)10-22-8-9-23-12-15(5)24-11-14(4)19-17(21)7-2;1-5-11(15)13-9(3)7-17-8-10(4)14-12(16)6-2;1-4-10(11)7-9(2)8-13-6-5-12-3/h8-10,18-20H,1-3,11-17H2,4-7H3,(H,25,28)(H,26,29)(H,27,30);9-10,13-16H,1-2,11-12H2,3-8H3;6-7,13-15H,1-2,8-12H2,3-5H3,(H,18,20)(H,19,21);5-6,9-10H,1-2,7-8H2,3-4H3,(H,13,15)(H,14,16);4,9H,1,5-8H2,2-3H3. The molecule has 630 valence electrons. The molecule has 11 atom stereocenters. The first-order valence-corrected chi connectivity index (χ1v) is 37.1. The minimum absolute atomic E-state index is 0.0599. The van der Waals surface area contributed by atoms with Gasteiger partial charge >= 0.3 is 0 Å². The van der Waals surface area contributed by atoms with Gasteiger partial charge in [0.1, 0.15) is 0 Å². The van der Waals surface area contributed by atoms with Crippen LogP contribution >= 0.6 is 0 Å². The molecule has 0 aromatic carbocycles. The largest absolute Gasteiger partial charge is 0.382 e. The fourth-order valence-electron chi connectivity index (χ4n) is 9.25. The molecule has 7 N–H and O–H groups in total. The Balaban J connectivity index is -0.000000431. The first-order valence-electron chi connectivity index (χ1n) is 37.1. The summed E-state index contributed by atoms with van der Waals surface area (Å²) in [5, 5.41) is 19.0. The van der Waals surface area contributed by atoms with Gasteiger partial charge in [-0.25, -0.2) is 0 Å². The van der Waals surface area contributed by atoms with E-state index >= 15 is 0 Å². The summed E-state index contributed by atoms with van der Waals surface area (Å²) in [5.74, 6) is -1.54. The average molecular weight is 1560 g/mol. The summed E-state index contributed by atoms with van der Waals surface area (Å²) in [6, 6.07) is -0.882. The molecule has 0 fully saturated rings. The van der Waals surface area contributed by atoms with Gasteiger partial charge in [0.05, 0.1) is 131 Å². The summed E-state index contributed by atoms with van der Waals surface area (Å²) in [7, 11) is 1.63. The van der Waals surface area contributed by atoms with Crippen LogP contribution in [0.15, 0.2) is 127 Å². The van der Waals surface area contributed by atoms with Crippen LogP contribution in [0.3, 0.4) is 0 Å². The Morgan fingerprint density at radius 1 is 0.327 bits per heavy atom. The van der Waals surface area contributed by atoms with E-state index in [1.54, 1.807) is 16.9 Å². The topological polar surface area (TPSA) is 354 Å². The van der Waals surface area contributed by atoms with E-state index in [0.29, 0.717) is 132 Å². The lowest BCUT2D eigenvalue weighted by molar-refractivity contribution is -0.133. The Kier molecular flexibility index (Phi) is 70.4. The minimum Gasteiger partial charge on any atom is -0.382 e. The van der Waals surface area contributed by atoms with Crippen LogP contribution in [0.1, 0.15) is 124 Å². The predicted molar refractivity (Wildman–Crippen MR) is 433 cm³/mol. The second-order valence-electron chi connectivity index (χ2n) is 26.9. The summed E-state index contributed by atoms with van der Waals surface area (Å²) >= 11 is 0. The molecule has 0 rings (SSSR count). The number of hydrogen-bond donors (Lipinski definition) is 7. The molecule has 0 aromatic rings. The molecule has 0 saturated carbocycles. The zero-order chi connectivity index (χ0) is 85.2. The summed E-state index contributed by atoms with van der Waals surface area (Å²) < 4.78 is 55.3. The molecule has 0 saturated heterocycles. The van der Waals surface area contributed by atoms with Crippen molar-refractivity contribution in [2.45, 2.75) is 196 Å². The van der Waals surface area contributed by atoms with Crippen LogP contribution in [0, 0.1) is 11.3 Å². The molecule has 0 aliphatic rings. The number of ketones is 1. The van der Waals surface area contributed by atoms with Crippen molar-refractivity contribution in [2.24, 2.45) is 11.3 Å². The zero-order valence-corrected chi connectivity index (χ0v) is 69.6. The number of methoxy groups -OCH3 is 1. The third-order valence-electron chi connectivity index (χ3n) is 14.8. The molecule has 0 aliphatic carbocycles. The monoisotopic (exact) mass is 1560 g/mol. The molecule has 11 unspecified atom stereocenters. The highest BCUT2D eigenvalue weighted by Gasteiger charge is 2.31. The van der Waals surface area contributed by atoms with E-state index in [4.69, 9.17) is 47.4 Å². The van der Waals surface area contributed by atoms with E-state index in [1.165, 1.54) is 60.8 Å². The molecule has 29 heteroatoms. The molecule has 0 aliphatic heterocycles. The van der Waals surface area contributed by atoms with Crippen LogP contribution in [0.4, 0.5) is 0 Å². The number of allylic oxidation sites excluding steroid dienone is 1. The quantitative estimate of drug-likeness (QED) is 0.0244. The van der Waals surface area contributed by atoms with Crippen LogP contribution in [-0.2, 0) is 95.3 Å². The maximum Gasteiger partial charge on any atom is 0.246 e. The van der Waals surface area contributed by atoms with E-state index in [1.807, 2.05) is 111 Å². The van der Waals surface area contributed by atoms with Gasteiger partial charge in [-0.1, -0.05) is 79.6 Å².